The van der Waals surface area contributed by atoms with Crippen LogP contribution in [-0.2, 0) is 4.79 Å². The van der Waals surface area contributed by atoms with Crippen LogP contribution >= 0.6 is 0 Å². The third-order valence-corrected chi connectivity index (χ3v) is 5.39. The van der Waals surface area contributed by atoms with Gasteiger partial charge in [-0.3, -0.25) is 10.1 Å². The third-order valence-electron chi connectivity index (χ3n) is 5.39. The number of carbonyl (C=O) groups excluding carboxylic acids is 1. The van der Waals surface area contributed by atoms with E-state index in [1.165, 1.54) is 51.7 Å². The van der Waals surface area contributed by atoms with E-state index in [2.05, 4.69) is 22.0 Å². The lowest BCUT2D eigenvalue weighted by Crippen LogP contribution is -2.52. The van der Waals surface area contributed by atoms with E-state index in [4.69, 9.17) is 0 Å². The van der Waals surface area contributed by atoms with Crippen LogP contribution in [0.4, 0.5) is 0 Å². The Kier molecular flexibility index (Phi) is 4.61. The Balaban J connectivity index is 1.60. The molecule has 1 N–H and O–H groups in total. The summed E-state index contributed by atoms with van der Waals surface area (Å²) in [7, 11) is 0. The van der Waals surface area contributed by atoms with Crippen molar-refractivity contribution in [3.8, 4) is 0 Å². The molecule has 0 bridgehead atoms. The van der Waals surface area contributed by atoms with E-state index in [1.807, 2.05) is 0 Å². The number of rotatable bonds is 4. The van der Waals surface area contributed by atoms with Gasteiger partial charge in [0.05, 0.1) is 12.7 Å². The monoisotopic (exact) mass is 279 g/mol. The topological polar surface area (TPSA) is 35.6 Å². The summed E-state index contributed by atoms with van der Waals surface area (Å²) in [5.41, 5.74) is 0. The molecule has 1 unspecified atom stereocenters. The van der Waals surface area contributed by atoms with Crippen molar-refractivity contribution in [2.45, 2.75) is 64.1 Å². The number of carbonyl (C=O) groups is 1. The molecule has 4 nitrogen and oxygen atoms in total. The predicted molar refractivity (Wildman–Crippen MR) is 80.3 cm³/mol. The molecular weight excluding hydrogens is 250 g/mol. The first-order valence-corrected chi connectivity index (χ1v) is 8.56. The van der Waals surface area contributed by atoms with Crippen molar-refractivity contribution < 1.29 is 4.79 Å². The molecule has 3 aliphatic rings. The molecule has 1 amide bonds. The standard InChI is InChI=1S/C16H29N3O/c1-2-9-18-10-7-14(8-11-18)19-15(20)12-17-16(19)13-5-3-4-6-13/h13-14,16-17H,2-12H2,1H3. The fraction of sp³-hybridized carbons (Fsp3) is 0.938. The Morgan fingerprint density at radius 3 is 2.50 bits per heavy atom. The van der Waals surface area contributed by atoms with Crippen LogP contribution in [0.5, 0.6) is 0 Å². The Morgan fingerprint density at radius 1 is 1.15 bits per heavy atom. The van der Waals surface area contributed by atoms with Gasteiger partial charge in [-0.25, -0.2) is 0 Å². The number of nitrogens with zero attached hydrogens (tertiary/aromatic N) is 2. The smallest absolute Gasteiger partial charge is 0.238 e. The van der Waals surface area contributed by atoms with E-state index in [-0.39, 0.29) is 0 Å². The van der Waals surface area contributed by atoms with Gasteiger partial charge in [0.25, 0.3) is 0 Å². The molecule has 0 aromatic rings. The SMILES string of the molecule is CCCN1CCC(N2C(=O)CNC2C2CCCC2)CC1. The normalized spacial score (nSPS) is 30.6. The first-order chi connectivity index (χ1) is 9.79. The molecule has 1 atom stereocenters. The molecule has 0 aromatic carbocycles. The maximum atomic E-state index is 12.3. The van der Waals surface area contributed by atoms with E-state index < -0.39 is 0 Å². The largest absolute Gasteiger partial charge is 0.323 e. The quantitative estimate of drug-likeness (QED) is 0.852. The average Bonchev–Trinajstić information content (AvgIpc) is 3.09. The molecule has 1 aliphatic carbocycles. The molecular formula is C16H29N3O. The molecule has 3 fully saturated rings. The summed E-state index contributed by atoms with van der Waals surface area (Å²) in [6, 6.07) is 0.483. The lowest BCUT2D eigenvalue weighted by Gasteiger charge is -2.40. The van der Waals surface area contributed by atoms with E-state index in [1.54, 1.807) is 0 Å². The van der Waals surface area contributed by atoms with Gasteiger partial charge in [-0.1, -0.05) is 19.8 Å². The highest BCUT2D eigenvalue weighted by atomic mass is 16.2. The summed E-state index contributed by atoms with van der Waals surface area (Å²) in [5, 5.41) is 3.49. The summed E-state index contributed by atoms with van der Waals surface area (Å²) >= 11 is 0. The second kappa shape index (κ2) is 6.44. The first kappa shape index (κ1) is 14.3. The van der Waals surface area contributed by atoms with Crippen LogP contribution in [-0.4, -0.2) is 54.1 Å². The summed E-state index contributed by atoms with van der Waals surface area (Å²) in [4.78, 5) is 17.1. The van der Waals surface area contributed by atoms with Crippen LogP contribution in [0.1, 0.15) is 51.9 Å². The molecule has 114 valence electrons. The second-order valence-electron chi connectivity index (χ2n) is 6.74. The van der Waals surface area contributed by atoms with Crippen molar-refractivity contribution >= 4 is 5.91 Å². The van der Waals surface area contributed by atoms with Crippen LogP contribution in [0.25, 0.3) is 0 Å². The summed E-state index contributed by atoms with van der Waals surface area (Å²) in [6.07, 6.45) is 9.20. The maximum absolute atomic E-state index is 12.3. The van der Waals surface area contributed by atoms with E-state index in [9.17, 15) is 4.79 Å². The number of likely N-dealkylation sites (tertiary alicyclic amines) is 1. The fourth-order valence-electron chi connectivity index (χ4n) is 4.37. The lowest BCUT2D eigenvalue weighted by molar-refractivity contribution is -0.132. The minimum atomic E-state index is 0.340. The molecule has 0 spiro atoms. The highest BCUT2D eigenvalue weighted by Crippen LogP contribution is 2.33. The zero-order chi connectivity index (χ0) is 13.9. The van der Waals surface area contributed by atoms with E-state index >= 15 is 0 Å². The summed E-state index contributed by atoms with van der Waals surface area (Å²) in [6.45, 7) is 6.36. The van der Waals surface area contributed by atoms with Crippen molar-refractivity contribution in [3.05, 3.63) is 0 Å². The minimum absolute atomic E-state index is 0.340. The maximum Gasteiger partial charge on any atom is 0.238 e. The van der Waals surface area contributed by atoms with Gasteiger partial charge < -0.3 is 9.80 Å². The van der Waals surface area contributed by atoms with Gasteiger partial charge in [0.2, 0.25) is 5.91 Å². The second-order valence-corrected chi connectivity index (χ2v) is 6.74. The van der Waals surface area contributed by atoms with E-state index in [0.717, 1.165) is 12.8 Å². The van der Waals surface area contributed by atoms with Crippen molar-refractivity contribution in [1.29, 1.82) is 0 Å². The van der Waals surface area contributed by atoms with Gasteiger partial charge >= 0.3 is 0 Å². The number of amides is 1. The summed E-state index contributed by atoms with van der Waals surface area (Å²) < 4.78 is 0. The summed E-state index contributed by atoms with van der Waals surface area (Å²) in [5.74, 6) is 1.05. The predicted octanol–water partition coefficient (Wildman–Crippen LogP) is 1.81. The molecule has 3 rings (SSSR count). The molecule has 1 saturated carbocycles. The van der Waals surface area contributed by atoms with Crippen molar-refractivity contribution in [3.63, 3.8) is 0 Å². The van der Waals surface area contributed by atoms with Crippen LogP contribution in [0.3, 0.4) is 0 Å². The number of piperidine rings is 1. The number of hydrogen-bond acceptors (Lipinski definition) is 3. The first-order valence-electron chi connectivity index (χ1n) is 8.56. The molecule has 4 heteroatoms. The number of nitrogens with one attached hydrogen (secondary N) is 1. The Labute approximate surface area is 122 Å². The molecule has 2 saturated heterocycles. The van der Waals surface area contributed by atoms with Crippen LogP contribution in [0.2, 0.25) is 0 Å². The van der Waals surface area contributed by atoms with Gasteiger partial charge in [0.1, 0.15) is 0 Å². The van der Waals surface area contributed by atoms with Gasteiger partial charge in [-0.05, 0) is 44.6 Å². The Morgan fingerprint density at radius 2 is 1.85 bits per heavy atom. The Bertz CT molecular complexity index is 333. The average molecular weight is 279 g/mol. The van der Waals surface area contributed by atoms with Gasteiger partial charge in [0, 0.05) is 19.1 Å². The Hall–Kier alpha value is -0.610. The molecule has 2 aliphatic heterocycles. The molecule has 0 aromatic heterocycles. The lowest BCUT2D eigenvalue weighted by atomic mass is 9.98. The third kappa shape index (κ3) is 2.86. The van der Waals surface area contributed by atoms with Crippen molar-refractivity contribution in [2.24, 2.45) is 5.92 Å². The van der Waals surface area contributed by atoms with Gasteiger partial charge in [-0.2, -0.15) is 0 Å². The van der Waals surface area contributed by atoms with Crippen LogP contribution < -0.4 is 5.32 Å². The van der Waals surface area contributed by atoms with E-state index in [0.29, 0.717) is 30.6 Å². The van der Waals surface area contributed by atoms with Crippen molar-refractivity contribution in [1.82, 2.24) is 15.1 Å². The number of hydrogen-bond donors (Lipinski definition) is 1. The highest BCUT2D eigenvalue weighted by Gasteiger charge is 2.41. The highest BCUT2D eigenvalue weighted by molar-refractivity contribution is 5.81. The molecule has 2 heterocycles. The van der Waals surface area contributed by atoms with Crippen LogP contribution in [0.15, 0.2) is 0 Å². The fourth-order valence-corrected chi connectivity index (χ4v) is 4.37. The zero-order valence-electron chi connectivity index (χ0n) is 12.8. The minimum Gasteiger partial charge on any atom is -0.323 e. The molecule has 0 radical (unpaired) electrons. The van der Waals surface area contributed by atoms with Gasteiger partial charge in [-0.15, -0.1) is 0 Å². The van der Waals surface area contributed by atoms with Crippen molar-refractivity contribution in [2.75, 3.05) is 26.2 Å². The zero-order valence-corrected chi connectivity index (χ0v) is 12.8. The van der Waals surface area contributed by atoms with Crippen LogP contribution in [0, 0.1) is 5.92 Å². The van der Waals surface area contributed by atoms with Gasteiger partial charge in [0.15, 0.2) is 0 Å². The molecule has 20 heavy (non-hydrogen) atoms.